The summed E-state index contributed by atoms with van der Waals surface area (Å²) in [4.78, 5) is 0. The predicted molar refractivity (Wildman–Crippen MR) is 71.1 cm³/mol. The van der Waals surface area contributed by atoms with Crippen molar-refractivity contribution in [3.05, 3.63) is 23.3 Å². The average molecular weight is 254 g/mol. The van der Waals surface area contributed by atoms with E-state index < -0.39 is 6.10 Å². The first-order valence-electron chi connectivity index (χ1n) is 5.86. The van der Waals surface area contributed by atoms with Crippen LogP contribution in [0.5, 0.6) is 11.5 Å². The lowest BCUT2D eigenvalue weighted by Gasteiger charge is -2.24. The summed E-state index contributed by atoms with van der Waals surface area (Å²) in [6.07, 6.45) is -0.684. The Morgan fingerprint density at radius 2 is 1.89 bits per heavy atom. The molecule has 0 aliphatic carbocycles. The maximum Gasteiger partial charge on any atom is 0.124 e. The molecule has 1 rings (SSSR count). The van der Waals surface area contributed by atoms with Crippen LogP contribution in [0.1, 0.15) is 17.2 Å². The van der Waals surface area contributed by atoms with Crippen molar-refractivity contribution in [2.24, 2.45) is 5.73 Å². The molecule has 0 aliphatic rings. The molecule has 5 nitrogen and oxygen atoms in total. The lowest BCUT2D eigenvalue weighted by Crippen LogP contribution is -2.35. The smallest absolute Gasteiger partial charge is 0.124 e. The van der Waals surface area contributed by atoms with Gasteiger partial charge >= 0.3 is 0 Å². The number of benzene rings is 1. The molecule has 2 atom stereocenters. The fourth-order valence-corrected chi connectivity index (χ4v) is 2.01. The lowest BCUT2D eigenvalue weighted by atomic mass is 9.98. The third kappa shape index (κ3) is 2.93. The number of ether oxygens (including phenoxy) is 2. The predicted octanol–water partition coefficient (Wildman–Crippen LogP) is 0.592. The van der Waals surface area contributed by atoms with E-state index in [0.29, 0.717) is 5.75 Å². The summed E-state index contributed by atoms with van der Waals surface area (Å²) < 4.78 is 10.7. The van der Waals surface area contributed by atoms with Crippen LogP contribution in [0.15, 0.2) is 12.1 Å². The van der Waals surface area contributed by atoms with E-state index >= 15 is 0 Å². The molecule has 0 amide bonds. The van der Waals surface area contributed by atoms with Gasteiger partial charge in [-0.2, -0.15) is 0 Å². The maximum absolute atomic E-state index is 9.94. The van der Waals surface area contributed by atoms with Crippen molar-refractivity contribution in [2.45, 2.75) is 19.1 Å². The van der Waals surface area contributed by atoms with Crippen LogP contribution in [0.25, 0.3) is 0 Å². The number of aryl methyl sites for hydroxylation is 1. The number of aliphatic hydroxyl groups is 1. The zero-order chi connectivity index (χ0) is 13.7. The summed E-state index contributed by atoms with van der Waals surface area (Å²) in [5, 5.41) is 13.0. The average Bonchev–Trinajstić information content (AvgIpc) is 2.40. The fourth-order valence-electron chi connectivity index (χ4n) is 2.01. The second-order valence-corrected chi connectivity index (χ2v) is 4.13. The van der Waals surface area contributed by atoms with E-state index in [4.69, 9.17) is 15.2 Å². The maximum atomic E-state index is 9.94. The quantitative estimate of drug-likeness (QED) is 0.693. The van der Waals surface area contributed by atoms with Crippen molar-refractivity contribution in [3.8, 4) is 11.5 Å². The van der Waals surface area contributed by atoms with Gasteiger partial charge in [0.15, 0.2) is 0 Å². The molecular weight excluding hydrogens is 232 g/mol. The Morgan fingerprint density at radius 1 is 1.28 bits per heavy atom. The molecule has 5 heteroatoms. The number of nitrogens with two attached hydrogens (primary N) is 1. The summed E-state index contributed by atoms with van der Waals surface area (Å²) >= 11 is 0. The zero-order valence-corrected chi connectivity index (χ0v) is 11.4. The van der Waals surface area contributed by atoms with Gasteiger partial charge in [-0.3, -0.25) is 0 Å². The Labute approximate surface area is 108 Å². The molecule has 0 aromatic heterocycles. The van der Waals surface area contributed by atoms with E-state index in [9.17, 15) is 5.11 Å². The molecule has 0 saturated carbocycles. The minimum absolute atomic E-state index is 0.171. The molecule has 4 N–H and O–H groups in total. The highest BCUT2D eigenvalue weighted by molar-refractivity contribution is 5.47. The second kappa shape index (κ2) is 6.58. The molecule has 2 unspecified atom stereocenters. The Hall–Kier alpha value is -1.30. The Balaban J connectivity index is 3.26. The van der Waals surface area contributed by atoms with Crippen LogP contribution in [-0.2, 0) is 0 Å². The Bertz CT molecular complexity index is 396. The topological polar surface area (TPSA) is 76.7 Å². The van der Waals surface area contributed by atoms with Gasteiger partial charge < -0.3 is 25.6 Å². The van der Waals surface area contributed by atoms with Gasteiger partial charge in [-0.1, -0.05) is 0 Å². The van der Waals surface area contributed by atoms with Crippen LogP contribution < -0.4 is 20.5 Å². The third-order valence-corrected chi connectivity index (χ3v) is 3.02. The first-order valence-corrected chi connectivity index (χ1v) is 5.86. The number of hydrogen-bond donors (Lipinski definition) is 3. The first kappa shape index (κ1) is 14.8. The van der Waals surface area contributed by atoms with Crippen LogP contribution in [0.3, 0.4) is 0 Å². The third-order valence-electron chi connectivity index (χ3n) is 3.02. The molecule has 0 saturated heterocycles. The van der Waals surface area contributed by atoms with Crippen LogP contribution >= 0.6 is 0 Å². The fraction of sp³-hybridized carbons (Fsp3) is 0.538. The van der Waals surface area contributed by atoms with Crippen LogP contribution in [0.2, 0.25) is 0 Å². The molecule has 1 aromatic carbocycles. The van der Waals surface area contributed by atoms with E-state index in [1.165, 1.54) is 0 Å². The van der Waals surface area contributed by atoms with Crippen molar-refractivity contribution in [1.82, 2.24) is 5.32 Å². The van der Waals surface area contributed by atoms with Gasteiger partial charge in [0, 0.05) is 12.1 Å². The van der Waals surface area contributed by atoms with Gasteiger partial charge in [0.2, 0.25) is 0 Å². The van der Waals surface area contributed by atoms with Gasteiger partial charge in [-0.05, 0) is 31.7 Å². The van der Waals surface area contributed by atoms with Gasteiger partial charge in [0.25, 0.3) is 0 Å². The highest BCUT2D eigenvalue weighted by atomic mass is 16.5. The summed E-state index contributed by atoms with van der Waals surface area (Å²) in [7, 11) is 4.99. The standard InChI is InChI=1S/C13H22N2O3/c1-8-5-12(18-4)9(6-11(8)17-3)13(15-2)10(16)7-14/h5-6,10,13,15-16H,7,14H2,1-4H3. The molecule has 0 fully saturated rings. The molecule has 1 aromatic rings. The lowest BCUT2D eigenvalue weighted by molar-refractivity contribution is 0.137. The van der Waals surface area contributed by atoms with E-state index in [-0.39, 0.29) is 12.6 Å². The monoisotopic (exact) mass is 254 g/mol. The molecule has 18 heavy (non-hydrogen) atoms. The molecule has 0 bridgehead atoms. The molecule has 102 valence electrons. The number of hydrogen-bond acceptors (Lipinski definition) is 5. The van der Waals surface area contributed by atoms with Gasteiger partial charge in [-0.15, -0.1) is 0 Å². The van der Waals surface area contributed by atoms with Crippen LogP contribution in [0.4, 0.5) is 0 Å². The SMILES string of the molecule is CNC(c1cc(OC)c(C)cc1OC)C(O)CN. The molecular formula is C13H22N2O3. The summed E-state index contributed by atoms with van der Waals surface area (Å²) in [6.45, 7) is 2.11. The normalized spacial score (nSPS) is 14.1. The second-order valence-electron chi connectivity index (χ2n) is 4.13. The minimum atomic E-state index is -0.684. The van der Waals surface area contributed by atoms with E-state index in [2.05, 4.69) is 5.32 Å². The van der Waals surface area contributed by atoms with Crippen LogP contribution in [0, 0.1) is 6.92 Å². The van der Waals surface area contributed by atoms with Crippen molar-refractivity contribution >= 4 is 0 Å². The number of methoxy groups -OCH3 is 2. The summed E-state index contributed by atoms with van der Waals surface area (Å²) in [6, 6.07) is 3.47. The molecule has 0 radical (unpaired) electrons. The Kier molecular flexibility index (Phi) is 5.40. The number of aliphatic hydroxyl groups excluding tert-OH is 1. The molecule has 0 spiro atoms. The summed E-state index contributed by atoms with van der Waals surface area (Å²) in [5.74, 6) is 1.47. The summed E-state index contributed by atoms with van der Waals surface area (Å²) in [5.41, 5.74) is 7.33. The highest BCUT2D eigenvalue weighted by Gasteiger charge is 2.23. The van der Waals surface area contributed by atoms with Crippen molar-refractivity contribution in [3.63, 3.8) is 0 Å². The zero-order valence-electron chi connectivity index (χ0n) is 11.4. The van der Waals surface area contributed by atoms with Gasteiger partial charge in [0.05, 0.1) is 26.4 Å². The number of likely N-dealkylation sites (N-methyl/N-ethyl adjacent to an activating group) is 1. The van der Waals surface area contributed by atoms with Gasteiger partial charge in [0.1, 0.15) is 11.5 Å². The van der Waals surface area contributed by atoms with E-state index in [1.807, 2.05) is 19.1 Å². The largest absolute Gasteiger partial charge is 0.496 e. The number of nitrogens with one attached hydrogen (secondary N) is 1. The minimum Gasteiger partial charge on any atom is -0.496 e. The van der Waals surface area contributed by atoms with Crippen molar-refractivity contribution < 1.29 is 14.6 Å². The first-order chi connectivity index (χ1) is 8.58. The molecule has 0 aliphatic heterocycles. The van der Waals surface area contributed by atoms with E-state index in [1.54, 1.807) is 21.3 Å². The Morgan fingerprint density at radius 3 is 2.33 bits per heavy atom. The number of rotatable bonds is 6. The molecule has 0 heterocycles. The van der Waals surface area contributed by atoms with Crippen molar-refractivity contribution in [2.75, 3.05) is 27.8 Å². The van der Waals surface area contributed by atoms with Crippen LogP contribution in [-0.4, -0.2) is 39.0 Å². The van der Waals surface area contributed by atoms with Gasteiger partial charge in [-0.25, -0.2) is 0 Å². The highest BCUT2D eigenvalue weighted by Crippen LogP contribution is 2.33. The van der Waals surface area contributed by atoms with Crippen molar-refractivity contribution in [1.29, 1.82) is 0 Å². The van der Waals surface area contributed by atoms with E-state index in [0.717, 1.165) is 16.9 Å².